The number of rotatable bonds is 6. The summed E-state index contributed by atoms with van der Waals surface area (Å²) in [7, 11) is 0. The largest absolute Gasteiger partial charge is 0.437 e. The van der Waals surface area contributed by atoms with Crippen LogP contribution in [0, 0.1) is 0 Å². The van der Waals surface area contributed by atoms with Crippen molar-refractivity contribution in [3.05, 3.63) is 79.1 Å². The lowest BCUT2D eigenvalue weighted by atomic mass is 10.1. The van der Waals surface area contributed by atoms with Crippen molar-refractivity contribution in [3.8, 4) is 17.4 Å². The van der Waals surface area contributed by atoms with Gasteiger partial charge in [0.25, 0.3) is 17.7 Å². The Kier molecular flexibility index (Phi) is 6.92. The molecule has 3 aromatic heterocycles. The second kappa shape index (κ2) is 10.0. The van der Waals surface area contributed by atoms with E-state index in [9.17, 15) is 18.4 Å². The van der Waals surface area contributed by atoms with Gasteiger partial charge in [-0.05, 0) is 51.6 Å². The molecule has 0 atom stereocenters. The third-order valence-corrected chi connectivity index (χ3v) is 7.03. The number of nitrogens with zero attached hydrogens (tertiary/aromatic N) is 4. The third-order valence-electron chi connectivity index (χ3n) is 5.23. The monoisotopic (exact) mass is 627 g/mol. The summed E-state index contributed by atoms with van der Waals surface area (Å²) < 4.78 is 34.0. The van der Waals surface area contributed by atoms with E-state index in [-0.39, 0.29) is 43.2 Å². The van der Waals surface area contributed by atoms with Crippen LogP contribution in [0.3, 0.4) is 0 Å². The van der Waals surface area contributed by atoms with E-state index in [1.807, 2.05) is 5.38 Å². The van der Waals surface area contributed by atoms with Crippen LogP contribution in [0.1, 0.15) is 20.8 Å². The van der Waals surface area contributed by atoms with Crippen LogP contribution in [-0.2, 0) is 0 Å². The van der Waals surface area contributed by atoms with E-state index in [4.69, 9.17) is 27.9 Å². The fourth-order valence-corrected chi connectivity index (χ4v) is 5.23. The number of hydrogen-bond acceptors (Lipinski definition) is 6. The van der Waals surface area contributed by atoms with Gasteiger partial charge in [0, 0.05) is 27.1 Å². The first-order valence-electron chi connectivity index (χ1n) is 10.5. The Bertz CT molecular complexity index is 1510. The molecule has 1 aliphatic heterocycles. The summed E-state index contributed by atoms with van der Waals surface area (Å²) in [5, 5.41) is 11.0. The lowest BCUT2D eigenvalue weighted by Crippen LogP contribution is -2.58. The number of alkyl halides is 2. The van der Waals surface area contributed by atoms with Crippen molar-refractivity contribution in [2.24, 2.45) is 0 Å². The highest BCUT2D eigenvalue weighted by Crippen LogP contribution is 2.35. The normalized spacial score (nSPS) is 14.2. The molecule has 0 bridgehead atoms. The molecule has 4 heterocycles. The Labute approximate surface area is 230 Å². The number of nitrogens with one attached hydrogen (secondary N) is 1. The van der Waals surface area contributed by atoms with Crippen LogP contribution in [0.5, 0.6) is 11.6 Å². The van der Waals surface area contributed by atoms with Crippen LogP contribution >= 0.6 is 50.5 Å². The van der Waals surface area contributed by atoms with Gasteiger partial charge in [0.2, 0.25) is 5.88 Å². The van der Waals surface area contributed by atoms with Gasteiger partial charge in [-0.3, -0.25) is 9.59 Å². The van der Waals surface area contributed by atoms with Gasteiger partial charge in [0.1, 0.15) is 11.4 Å². The van der Waals surface area contributed by atoms with Crippen LogP contribution in [0.15, 0.2) is 57.8 Å². The first kappa shape index (κ1) is 25.6. The van der Waals surface area contributed by atoms with Crippen molar-refractivity contribution in [2.45, 2.75) is 5.92 Å². The number of anilines is 1. The van der Waals surface area contributed by atoms with Gasteiger partial charge in [0.05, 0.1) is 29.4 Å². The number of ether oxygens (including phenoxy) is 1. The molecule has 37 heavy (non-hydrogen) atoms. The molecule has 1 aliphatic rings. The number of carbonyl (C=O) groups excluding carboxylic acids is 2. The molecule has 2 amide bonds. The first-order chi connectivity index (χ1) is 17.6. The van der Waals surface area contributed by atoms with Gasteiger partial charge in [-0.1, -0.05) is 23.2 Å². The van der Waals surface area contributed by atoms with E-state index in [0.717, 1.165) is 4.90 Å². The lowest BCUT2D eigenvalue weighted by molar-refractivity contribution is -0.113. The average molecular weight is 629 g/mol. The SMILES string of the molecule is O=C(Nc1c(Br)cc(Cl)cc1C(=O)N1CC(F)(F)C1)c1cc(Oc2ccsc2)nn1-c1ncccc1Cl. The zero-order valence-electron chi connectivity index (χ0n) is 18.4. The number of likely N-dealkylation sites (tertiary alicyclic amines) is 1. The van der Waals surface area contributed by atoms with E-state index in [2.05, 4.69) is 31.3 Å². The second-order valence-electron chi connectivity index (χ2n) is 7.93. The minimum atomic E-state index is -2.96. The van der Waals surface area contributed by atoms with Gasteiger partial charge in [-0.25, -0.2) is 18.4 Å². The predicted octanol–water partition coefficient (Wildman–Crippen LogP) is 6.53. The van der Waals surface area contributed by atoms with Crippen LogP contribution in [0.25, 0.3) is 5.82 Å². The van der Waals surface area contributed by atoms with Crippen LogP contribution < -0.4 is 10.1 Å². The molecular formula is C23H14BrCl2F2N5O3S. The molecule has 5 rings (SSSR count). The van der Waals surface area contributed by atoms with Crippen LogP contribution in [0.4, 0.5) is 14.5 Å². The van der Waals surface area contributed by atoms with E-state index >= 15 is 0 Å². The highest BCUT2D eigenvalue weighted by molar-refractivity contribution is 9.10. The second-order valence-corrected chi connectivity index (χ2v) is 10.4. The van der Waals surface area contributed by atoms with Gasteiger partial charge in [0.15, 0.2) is 5.82 Å². The lowest BCUT2D eigenvalue weighted by Gasteiger charge is -2.39. The summed E-state index contributed by atoms with van der Waals surface area (Å²) in [6.07, 6.45) is 1.49. The van der Waals surface area contributed by atoms with Crippen LogP contribution in [-0.4, -0.2) is 50.5 Å². The molecule has 190 valence electrons. The van der Waals surface area contributed by atoms with Crippen molar-refractivity contribution < 1.29 is 23.1 Å². The number of carbonyl (C=O) groups is 2. The number of benzene rings is 1. The fourth-order valence-electron chi connectivity index (χ4n) is 3.57. The van der Waals surface area contributed by atoms with Gasteiger partial charge in [-0.2, -0.15) is 0 Å². The Morgan fingerprint density at radius 3 is 2.65 bits per heavy atom. The molecule has 1 fully saturated rings. The zero-order chi connectivity index (χ0) is 26.3. The van der Waals surface area contributed by atoms with E-state index in [1.54, 1.807) is 23.6 Å². The van der Waals surface area contributed by atoms with Gasteiger partial charge >= 0.3 is 0 Å². The van der Waals surface area contributed by atoms with E-state index in [1.165, 1.54) is 40.4 Å². The Balaban J connectivity index is 1.51. The van der Waals surface area contributed by atoms with E-state index in [0.29, 0.717) is 5.75 Å². The standard InChI is InChI=1S/C23H14BrCl2F2N5O3S/c24-15-7-12(25)6-14(22(35)32-10-23(27,28)11-32)19(15)30-21(34)17-8-18(36-13-3-5-37-9-13)31-33(17)20-16(26)2-1-4-29-20/h1-9H,10-11H2,(H,30,34). The molecule has 0 unspecified atom stereocenters. The summed E-state index contributed by atoms with van der Waals surface area (Å²) in [4.78, 5) is 31.7. The maximum Gasteiger partial charge on any atom is 0.282 e. The molecule has 0 saturated carbocycles. The number of halogens is 5. The van der Waals surface area contributed by atoms with Gasteiger partial charge < -0.3 is 15.0 Å². The molecule has 14 heteroatoms. The molecule has 1 N–H and O–H groups in total. The minimum Gasteiger partial charge on any atom is -0.437 e. The predicted molar refractivity (Wildman–Crippen MR) is 139 cm³/mol. The summed E-state index contributed by atoms with van der Waals surface area (Å²) in [5.41, 5.74) is -0.0174. The molecule has 1 aromatic carbocycles. The van der Waals surface area contributed by atoms with Crippen molar-refractivity contribution in [3.63, 3.8) is 0 Å². The summed E-state index contributed by atoms with van der Waals surface area (Å²) in [6.45, 7) is -1.45. The molecule has 0 spiro atoms. The van der Waals surface area contributed by atoms with Crippen molar-refractivity contribution >= 4 is 68.0 Å². The average Bonchev–Trinajstić information content (AvgIpc) is 3.49. The molecule has 4 aromatic rings. The molecule has 0 aliphatic carbocycles. The highest BCUT2D eigenvalue weighted by Gasteiger charge is 2.47. The maximum absolute atomic E-state index is 13.5. The smallest absolute Gasteiger partial charge is 0.282 e. The molecule has 8 nitrogen and oxygen atoms in total. The zero-order valence-corrected chi connectivity index (χ0v) is 22.3. The number of hydrogen-bond donors (Lipinski definition) is 1. The topological polar surface area (TPSA) is 89.4 Å². The van der Waals surface area contributed by atoms with Crippen LogP contribution in [0.2, 0.25) is 10.0 Å². The van der Waals surface area contributed by atoms with Crippen molar-refractivity contribution in [1.29, 1.82) is 0 Å². The van der Waals surface area contributed by atoms with E-state index < -0.39 is 30.8 Å². The fraction of sp³-hybridized carbons (Fsp3) is 0.130. The summed E-state index contributed by atoms with van der Waals surface area (Å²) in [5.74, 6) is -3.56. The van der Waals surface area contributed by atoms with Crippen molar-refractivity contribution in [2.75, 3.05) is 18.4 Å². The first-order valence-corrected chi connectivity index (χ1v) is 13.0. The quantitative estimate of drug-likeness (QED) is 0.262. The Morgan fingerprint density at radius 1 is 1.19 bits per heavy atom. The molecular weight excluding hydrogens is 615 g/mol. The van der Waals surface area contributed by atoms with Crippen molar-refractivity contribution in [1.82, 2.24) is 19.7 Å². The number of aromatic nitrogens is 3. The summed E-state index contributed by atoms with van der Waals surface area (Å²) in [6, 6.07) is 9.11. The Hall–Kier alpha value is -3.06. The highest BCUT2D eigenvalue weighted by atomic mass is 79.9. The third kappa shape index (κ3) is 5.33. The number of thiophene rings is 1. The Morgan fingerprint density at radius 2 is 1.97 bits per heavy atom. The van der Waals surface area contributed by atoms with Gasteiger partial charge in [-0.15, -0.1) is 16.4 Å². The molecule has 1 saturated heterocycles. The number of amides is 2. The summed E-state index contributed by atoms with van der Waals surface area (Å²) >= 11 is 17.2. The maximum atomic E-state index is 13.5. The molecule has 0 radical (unpaired) electrons. The minimum absolute atomic E-state index is 0.0124. The number of pyridine rings is 1.